The second-order valence-corrected chi connectivity index (χ2v) is 2.37. The number of halogens is 1. The highest BCUT2D eigenvalue weighted by atomic mass is 35.5. The Labute approximate surface area is 73.7 Å². The van der Waals surface area contributed by atoms with E-state index in [4.69, 9.17) is 21.6 Å². The van der Waals surface area contributed by atoms with E-state index in [1.807, 2.05) is 0 Å². The Kier molecular flexibility index (Phi) is 2.36. The van der Waals surface area contributed by atoms with Crippen LogP contribution in [-0.2, 0) is 0 Å². The van der Waals surface area contributed by atoms with Crippen molar-refractivity contribution in [2.45, 2.75) is 0 Å². The van der Waals surface area contributed by atoms with Crippen LogP contribution in [0.4, 0.5) is 0 Å². The molecule has 0 bridgehead atoms. The molecule has 1 aromatic rings. The molecule has 12 heavy (non-hydrogen) atoms. The molecule has 1 aromatic heterocycles. The normalized spacial score (nSPS) is 9.08. The van der Waals surface area contributed by atoms with Gasteiger partial charge >= 0.3 is 0 Å². The van der Waals surface area contributed by atoms with Crippen molar-refractivity contribution in [3.05, 3.63) is 16.4 Å². The SMILES string of the molecule is COc1c(C=O)[nH]c(C#N)c1Cl. The first-order valence-electron chi connectivity index (χ1n) is 3.05. The van der Waals surface area contributed by atoms with Crippen molar-refractivity contribution in [1.29, 1.82) is 5.26 Å². The average molecular weight is 185 g/mol. The van der Waals surface area contributed by atoms with Gasteiger partial charge in [0.2, 0.25) is 0 Å². The molecule has 0 atom stereocenters. The van der Waals surface area contributed by atoms with E-state index in [1.165, 1.54) is 7.11 Å². The second-order valence-electron chi connectivity index (χ2n) is 1.99. The maximum atomic E-state index is 10.4. The zero-order valence-corrected chi connectivity index (χ0v) is 6.97. The van der Waals surface area contributed by atoms with Gasteiger partial charge in [-0.05, 0) is 0 Å². The standard InChI is InChI=1S/C7H5ClN2O2/c1-12-7-5(3-11)10-4(2-9)6(7)8/h3,10H,1H3. The lowest BCUT2D eigenvalue weighted by Crippen LogP contribution is -1.86. The van der Waals surface area contributed by atoms with Crippen LogP contribution in [-0.4, -0.2) is 18.4 Å². The molecule has 4 nitrogen and oxygen atoms in total. The molecule has 1 rings (SSSR count). The maximum absolute atomic E-state index is 10.4. The van der Waals surface area contributed by atoms with Gasteiger partial charge in [0.1, 0.15) is 22.5 Å². The van der Waals surface area contributed by atoms with Gasteiger partial charge < -0.3 is 9.72 Å². The zero-order valence-electron chi connectivity index (χ0n) is 6.22. The fourth-order valence-electron chi connectivity index (χ4n) is 0.838. The molecule has 0 unspecified atom stereocenters. The van der Waals surface area contributed by atoms with Crippen LogP contribution in [0.5, 0.6) is 5.75 Å². The molecule has 0 aromatic carbocycles. The molecule has 0 amide bonds. The molecule has 0 saturated heterocycles. The van der Waals surface area contributed by atoms with Crippen molar-refractivity contribution in [3.8, 4) is 11.8 Å². The molecular formula is C7H5ClN2O2. The van der Waals surface area contributed by atoms with E-state index in [0.29, 0.717) is 6.29 Å². The number of aldehydes is 1. The number of hydrogen-bond donors (Lipinski definition) is 1. The van der Waals surface area contributed by atoms with Crippen LogP contribution in [0.25, 0.3) is 0 Å². The Morgan fingerprint density at radius 2 is 2.42 bits per heavy atom. The Hall–Kier alpha value is -1.47. The maximum Gasteiger partial charge on any atom is 0.170 e. The molecule has 0 aliphatic carbocycles. The first-order chi connectivity index (χ1) is 5.74. The number of nitrogens with zero attached hydrogens (tertiary/aromatic N) is 1. The summed E-state index contributed by atoms with van der Waals surface area (Å²) in [4.78, 5) is 12.9. The van der Waals surface area contributed by atoms with Crippen LogP contribution in [0.1, 0.15) is 16.2 Å². The largest absolute Gasteiger partial charge is 0.493 e. The number of aromatic nitrogens is 1. The number of nitrogens with one attached hydrogen (secondary N) is 1. The second kappa shape index (κ2) is 3.28. The number of rotatable bonds is 2. The van der Waals surface area contributed by atoms with E-state index in [-0.39, 0.29) is 22.2 Å². The summed E-state index contributed by atoms with van der Waals surface area (Å²) in [5, 5.41) is 8.65. The summed E-state index contributed by atoms with van der Waals surface area (Å²) < 4.78 is 4.80. The number of hydrogen-bond acceptors (Lipinski definition) is 3. The minimum Gasteiger partial charge on any atom is -0.493 e. The van der Waals surface area contributed by atoms with Gasteiger partial charge in [-0.1, -0.05) is 11.6 Å². The van der Waals surface area contributed by atoms with Crippen molar-refractivity contribution < 1.29 is 9.53 Å². The number of H-pyrrole nitrogens is 1. The van der Waals surface area contributed by atoms with Crippen molar-refractivity contribution in [1.82, 2.24) is 4.98 Å². The first kappa shape index (κ1) is 8.62. The molecule has 0 aliphatic rings. The van der Waals surface area contributed by atoms with Gasteiger partial charge in [0.15, 0.2) is 12.0 Å². The molecule has 0 aliphatic heterocycles. The minimum absolute atomic E-state index is 0.135. The Bertz CT molecular complexity index is 351. The van der Waals surface area contributed by atoms with Gasteiger partial charge in [0.25, 0.3) is 0 Å². The lowest BCUT2D eigenvalue weighted by Gasteiger charge is -1.95. The summed E-state index contributed by atoms with van der Waals surface area (Å²) in [5.41, 5.74) is 0.315. The number of aromatic amines is 1. The highest BCUT2D eigenvalue weighted by Gasteiger charge is 2.15. The summed E-state index contributed by atoms with van der Waals surface area (Å²) in [5.74, 6) is 0.211. The van der Waals surface area contributed by atoms with Crippen LogP contribution in [0.3, 0.4) is 0 Å². The van der Waals surface area contributed by atoms with Gasteiger partial charge in [-0.3, -0.25) is 4.79 Å². The predicted octanol–water partition coefficient (Wildman–Crippen LogP) is 1.36. The summed E-state index contributed by atoms with van der Waals surface area (Å²) >= 11 is 5.67. The van der Waals surface area contributed by atoms with Crippen LogP contribution >= 0.6 is 11.6 Å². The van der Waals surface area contributed by atoms with Crippen LogP contribution in [0, 0.1) is 11.3 Å². The predicted molar refractivity (Wildman–Crippen MR) is 42.5 cm³/mol. The zero-order chi connectivity index (χ0) is 9.14. The van der Waals surface area contributed by atoms with E-state index in [9.17, 15) is 4.79 Å². The monoisotopic (exact) mass is 184 g/mol. The van der Waals surface area contributed by atoms with Crippen LogP contribution in [0.15, 0.2) is 0 Å². The van der Waals surface area contributed by atoms with E-state index < -0.39 is 0 Å². The number of carbonyl (C=O) groups is 1. The van der Waals surface area contributed by atoms with Crippen molar-refractivity contribution in [2.24, 2.45) is 0 Å². The highest BCUT2D eigenvalue weighted by molar-refractivity contribution is 6.33. The van der Waals surface area contributed by atoms with Gasteiger partial charge in [0.05, 0.1) is 7.11 Å². The van der Waals surface area contributed by atoms with Crippen molar-refractivity contribution >= 4 is 17.9 Å². The number of carbonyl (C=O) groups excluding carboxylic acids is 1. The van der Waals surface area contributed by atoms with Gasteiger partial charge in [-0.25, -0.2) is 0 Å². The van der Waals surface area contributed by atoms with E-state index in [1.54, 1.807) is 6.07 Å². The smallest absolute Gasteiger partial charge is 0.170 e. The third-order valence-corrected chi connectivity index (χ3v) is 1.72. The van der Waals surface area contributed by atoms with Gasteiger partial charge in [0, 0.05) is 0 Å². The third-order valence-electron chi connectivity index (χ3n) is 1.36. The highest BCUT2D eigenvalue weighted by Crippen LogP contribution is 2.30. The van der Waals surface area contributed by atoms with Gasteiger partial charge in [-0.2, -0.15) is 5.26 Å². The topological polar surface area (TPSA) is 65.9 Å². The molecule has 1 heterocycles. The number of ether oxygens (including phenoxy) is 1. The quantitative estimate of drug-likeness (QED) is 0.706. The average Bonchev–Trinajstić information content (AvgIpc) is 2.41. The number of methoxy groups -OCH3 is 1. The fourth-order valence-corrected chi connectivity index (χ4v) is 1.11. The summed E-state index contributed by atoms with van der Waals surface area (Å²) in [6.07, 6.45) is 0.547. The lowest BCUT2D eigenvalue weighted by molar-refractivity contribution is 0.111. The van der Waals surface area contributed by atoms with E-state index in [2.05, 4.69) is 4.98 Å². The Balaban J connectivity index is 3.34. The third kappa shape index (κ3) is 1.15. The van der Waals surface area contributed by atoms with E-state index in [0.717, 1.165) is 0 Å². The minimum atomic E-state index is 0.135. The van der Waals surface area contributed by atoms with Crippen LogP contribution < -0.4 is 4.74 Å². The number of nitriles is 1. The molecule has 62 valence electrons. The summed E-state index contributed by atoms with van der Waals surface area (Å²) in [6, 6.07) is 1.80. The Morgan fingerprint density at radius 1 is 1.75 bits per heavy atom. The van der Waals surface area contributed by atoms with E-state index >= 15 is 0 Å². The summed E-state index contributed by atoms with van der Waals surface area (Å²) in [7, 11) is 1.38. The fraction of sp³-hybridized carbons (Fsp3) is 0.143. The Morgan fingerprint density at radius 3 is 2.75 bits per heavy atom. The summed E-state index contributed by atoms with van der Waals surface area (Å²) in [6.45, 7) is 0. The molecule has 0 spiro atoms. The van der Waals surface area contributed by atoms with Crippen LogP contribution in [0.2, 0.25) is 5.02 Å². The molecule has 1 N–H and O–H groups in total. The first-order valence-corrected chi connectivity index (χ1v) is 3.43. The lowest BCUT2D eigenvalue weighted by atomic mass is 10.4. The van der Waals surface area contributed by atoms with Gasteiger partial charge in [-0.15, -0.1) is 0 Å². The molecule has 0 radical (unpaired) electrons. The van der Waals surface area contributed by atoms with Crippen molar-refractivity contribution in [3.63, 3.8) is 0 Å². The molecule has 5 heteroatoms. The molecule has 0 saturated carbocycles. The molecule has 0 fully saturated rings. The van der Waals surface area contributed by atoms with Crippen molar-refractivity contribution in [2.75, 3.05) is 7.11 Å². The molecular weight excluding hydrogens is 180 g/mol.